The number of nitrogens with one attached hydrogen (secondary N) is 1. The minimum Gasteiger partial charge on any atom is -0.497 e. The number of aromatic nitrogens is 3. The molecule has 0 bridgehead atoms. The number of rotatable bonds is 6. The van der Waals surface area contributed by atoms with Gasteiger partial charge in [0.05, 0.1) is 13.3 Å². The van der Waals surface area contributed by atoms with Gasteiger partial charge in [-0.05, 0) is 43.5 Å². The molecule has 2 heterocycles. The second kappa shape index (κ2) is 7.87. The number of benzene rings is 1. The fourth-order valence-electron chi connectivity index (χ4n) is 3.02. The summed E-state index contributed by atoms with van der Waals surface area (Å²) < 4.78 is 6.79. The van der Waals surface area contributed by atoms with Gasteiger partial charge in [-0.25, -0.2) is 9.50 Å². The van der Waals surface area contributed by atoms with Crippen molar-refractivity contribution in [3.8, 4) is 11.8 Å². The Morgan fingerprint density at radius 2 is 2.04 bits per heavy atom. The van der Waals surface area contributed by atoms with Gasteiger partial charge in [0, 0.05) is 24.4 Å². The Morgan fingerprint density at radius 3 is 2.70 bits per heavy atom. The number of hydrogen-bond donors (Lipinski definition) is 1. The quantitative estimate of drug-likeness (QED) is 0.726. The molecule has 3 rings (SSSR count). The first-order valence-electron chi connectivity index (χ1n) is 8.67. The number of ether oxygens (including phenoxy) is 1. The molecule has 2 aromatic heterocycles. The summed E-state index contributed by atoms with van der Waals surface area (Å²) in [5.41, 5.74) is 4.72. The van der Waals surface area contributed by atoms with Gasteiger partial charge in [-0.15, -0.1) is 0 Å². The number of aryl methyl sites for hydroxylation is 2. The molecule has 0 saturated heterocycles. The third-order valence-corrected chi connectivity index (χ3v) is 4.58. The summed E-state index contributed by atoms with van der Waals surface area (Å²) in [6.45, 7) is 4.30. The minimum absolute atomic E-state index is 0.0251. The number of nitriles is 1. The first-order chi connectivity index (χ1) is 13.0. The lowest BCUT2D eigenvalue weighted by Gasteiger charge is -2.11. The normalized spacial score (nSPS) is 10.6. The van der Waals surface area contributed by atoms with Crippen LogP contribution in [0.25, 0.3) is 5.65 Å². The second-order valence-corrected chi connectivity index (χ2v) is 6.29. The predicted molar refractivity (Wildman–Crippen MR) is 100 cm³/mol. The number of hydrogen-bond acceptors (Lipinski definition) is 5. The molecule has 0 unspecified atom stereocenters. The number of methoxy groups -OCH3 is 1. The molecule has 1 amide bonds. The van der Waals surface area contributed by atoms with Crippen LogP contribution in [0, 0.1) is 25.2 Å². The van der Waals surface area contributed by atoms with Gasteiger partial charge in [-0.1, -0.05) is 12.1 Å². The van der Waals surface area contributed by atoms with Crippen molar-refractivity contribution in [2.45, 2.75) is 33.2 Å². The molecule has 0 fully saturated rings. The zero-order valence-corrected chi connectivity index (χ0v) is 15.6. The minimum atomic E-state index is -0.0251. The van der Waals surface area contributed by atoms with Crippen LogP contribution in [0.5, 0.6) is 5.75 Å². The maximum atomic E-state index is 12.2. The van der Waals surface area contributed by atoms with E-state index in [1.807, 2.05) is 38.1 Å². The Morgan fingerprint density at radius 1 is 1.30 bits per heavy atom. The fraction of sp³-hybridized carbons (Fsp3) is 0.300. The summed E-state index contributed by atoms with van der Waals surface area (Å²) in [4.78, 5) is 16.7. The summed E-state index contributed by atoms with van der Waals surface area (Å²) in [6, 6.07) is 9.69. The summed E-state index contributed by atoms with van der Waals surface area (Å²) in [7, 11) is 1.62. The van der Waals surface area contributed by atoms with Gasteiger partial charge in [0.1, 0.15) is 17.4 Å². The van der Waals surface area contributed by atoms with E-state index in [0.717, 1.165) is 28.3 Å². The lowest BCUT2D eigenvalue weighted by atomic mass is 10.1. The van der Waals surface area contributed by atoms with E-state index < -0.39 is 0 Å². The summed E-state index contributed by atoms with van der Waals surface area (Å²) in [5.74, 6) is 0.764. The summed E-state index contributed by atoms with van der Waals surface area (Å²) in [5, 5.41) is 16.3. The Bertz CT molecular complexity index is 1020. The Balaban J connectivity index is 1.63. The van der Waals surface area contributed by atoms with Crippen LogP contribution in [0.2, 0.25) is 0 Å². The highest BCUT2D eigenvalue weighted by molar-refractivity contribution is 5.76. The average molecular weight is 363 g/mol. The van der Waals surface area contributed by atoms with E-state index in [2.05, 4.69) is 21.5 Å². The topological polar surface area (TPSA) is 92.3 Å². The SMILES string of the molecule is COc1ccc(CNC(=O)CCc2c(C)nc3c(C#N)cnn3c2C)cc1. The summed E-state index contributed by atoms with van der Waals surface area (Å²) >= 11 is 0. The third-order valence-electron chi connectivity index (χ3n) is 4.58. The average Bonchev–Trinajstić information content (AvgIpc) is 3.09. The van der Waals surface area contributed by atoms with Gasteiger partial charge < -0.3 is 10.1 Å². The van der Waals surface area contributed by atoms with Crippen molar-refractivity contribution in [3.63, 3.8) is 0 Å². The molecule has 0 aliphatic carbocycles. The fourth-order valence-corrected chi connectivity index (χ4v) is 3.02. The van der Waals surface area contributed by atoms with Gasteiger partial charge in [0.25, 0.3) is 0 Å². The number of nitrogens with zero attached hydrogens (tertiary/aromatic N) is 4. The molecule has 0 aliphatic rings. The van der Waals surface area contributed by atoms with Crippen LogP contribution in [0.15, 0.2) is 30.5 Å². The number of carbonyl (C=O) groups is 1. The Labute approximate surface area is 157 Å². The first kappa shape index (κ1) is 18.4. The lowest BCUT2D eigenvalue weighted by Crippen LogP contribution is -2.23. The molecule has 1 N–H and O–H groups in total. The number of amides is 1. The van der Waals surface area contributed by atoms with Crippen molar-refractivity contribution in [1.82, 2.24) is 19.9 Å². The molecule has 7 heteroatoms. The largest absolute Gasteiger partial charge is 0.497 e. The van der Waals surface area contributed by atoms with Gasteiger partial charge >= 0.3 is 0 Å². The van der Waals surface area contributed by atoms with Crippen LogP contribution >= 0.6 is 0 Å². The zero-order valence-electron chi connectivity index (χ0n) is 15.6. The Kier molecular flexibility index (Phi) is 5.36. The highest BCUT2D eigenvalue weighted by Gasteiger charge is 2.14. The first-order valence-corrected chi connectivity index (χ1v) is 8.67. The molecule has 7 nitrogen and oxygen atoms in total. The van der Waals surface area contributed by atoms with Crippen LogP contribution in [-0.2, 0) is 17.8 Å². The molecule has 0 atom stereocenters. The molecule has 3 aromatic rings. The molecule has 1 aromatic carbocycles. The molecule has 0 radical (unpaired) electrons. The van der Waals surface area contributed by atoms with E-state index >= 15 is 0 Å². The van der Waals surface area contributed by atoms with Crippen LogP contribution in [0.3, 0.4) is 0 Å². The molecule has 0 spiro atoms. The highest BCUT2D eigenvalue weighted by atomic mass is 16.5. The second-order valence-electron chi connectivity index (χ2n) is 6.29. The molecular formula is C20H21N5O2. The molecule has 0 aliphatic heterocycles. The molecule has 138 valence electrons. The van der Waals surface area contributed by atoms with Gasteiger partial charge in [-0.2, -0.15) is 10.4 Å². The van der Waals surface area contributed by atoms with E-state index in [4.69, 9.17) is 10.00 Å². The third kappa shape index (κ3) is 3.90. The van der Waals surface area contributed by atoms with Crippen molar-refractivity contribution in [1.29, 1.82) is 5.26 Å². The lowest BCUT2D eigenvalue weighted by molar-refractivity contribution is -0.121. The Hall–Kier alpha value is -3.40. The van der Waals surface area contributed by atoms with E-state index in [-0.39, 0.29) is 5.91 Å². The smallest absolute Gasteiger partial charge is 0.220 e. The van der Waals surface area contributed by atoms with Crippen LogP contribution in [-0.4, -0.2) is 27.6 Å². The van der Waals surface area contributed by atoms with Crippen molar-refractivity contribution in [3.05, 3.63) is 58.5 Å². The highest BCUT2D eigenvalue weighted by Crippen LogP contribution is 2.18. The van der Waals surface area contributed by atoms with E-state index in [9.17, 15) is 4.79 Å². The van der Waals surface area contributed by atoms with Crippen LogP contribution in [0.4, 0.5) is 0 Å². The number of fused-ring (bicyclic) bond motifs is 1. The maximum absolute atomic E-state index is 12.2. The maximum Gasteiger partial charge on any atom is 0.220 e. The predicted octanol–water partition coefficient (Wildman–Crippen LogP) is 2.48. The van der Waals surface area contributed by atoms with Gasteiger partial charge in [0.15, 0.2) is 5.65 Å². The van der Waals surface area contributed by atoms with E-state index in [1.54, 1.807) is 11.6 Å². The van der Waals surface area contributed by atoms with Crippen LogP contribution < -0.4 is 10.1 Å². The van der Waals surface area contributed by atoms with Crippen LogP contribution in [0.1, 0.15) is 34.5 Å². The molecule has 0 saturated carbocycles. The molecule has 27 heavy (non-hydrogen) atoms. The monoisotopic (exact) mass is 363 g/mol. The summed E-state index contributed by atoms with van der Waals surface area (Å²) in [6.07, 6.45) is 2.44. The number of carbonyl (C=O) groups excluding carboxylic acids is 1. The van der Waals surface area contributed by atoms with Crippen molar-refractivity contribution in [2.24, 2.45) is 0 Å². The van der Waals surface area contributed by atoms with Gasteiger partial charge in [-0.3, -0.25) is 4.79 Å². The van der Waals surface area contributed by atoms with Crippen molar-refractivity contribution < 1.29 is 9.53 Å². The zero-order chi connectivity index (χ0) is 19.4. The van der Waals surface area contributed by atoms with Crippen molar-refractivity contribution >= 4 is 11.6 Å². The van der Waals surface area contributed by atoms with Gasteiger partial charge in [0.2, 0.25) is 5.91 Å². The van der Waals surface area contributed by atoms with E-state index in [0.29, 0.717) is 30.6 Å². The van der Waals surface area contributed by atoms with E-state index in [1.165, 1.54) is 6.20 Å². The molecular weight excluding hydrogens is 342 g/mol. The standard InChI is InChI=1S/C20H21N5O2/c1-13-18(14(2)25-20(24-13)16(10-21)12-23-25)8-9-19(26)22-11-15-4-6-17(27-3)7-5-15/h4-7,12H,8-9,11H2,1-3H3,(H,22,26). The van der Waals surface area contributed by atoms with Crippen molar-refractivity contribution in [2.75, 3.05) is 7.11 Å².